The van der Waals surface area contributed by atoms with Gasteiger partial charge in [0.1, 0.15) is 5.75 Å². The van der Waals surface area contributed by atoms with Crippen LogP contribution in [0, 0.1) is 6.92 Å². The summed E-state index contributed by atoms with van der Waals surface area (Å²) in [4.78, 5) is 12.3. The molecular formula is C23H23BrN2O4S. The van der Waals surface area contributed by atoms with Crippen molar-refractivity contribution in [3.05, 3.63) is 88.4 Å². The van der Waals surface area contributed by atoms with Crippen LogP contribution in [0.15, 0.2) is 82.2 Å². The van der Waals surface area contributed by atoms with Crippen LogP contribution in [-0.2, 0) is 14.8 Å². The third-order valence-corrected chi connectivity index (χ3v) is 6.55. The molecule has 0 bridgehead atoms. The number of halogens is 1. The summed E-state index contributed by atoms with van der Waals surface area (Å²) in [7, 11) is -3.72. The number of carbonyl (C=O) groups is 1. The van der Waals surface area contributed by atoms with Crippen LogP contribution >= 0.6 is 15.9 Å². The van der Waals surface area contributed by atoms with Crippen molar-refractivity contribution in [1.82, 2.24) is 5.32 Å². The molecule has 0 aliphatic carbocycles. The normalized spacial score (nSPS) is 12.1. The lowest BCUT2D eigenvalue weighted by atomic mass is 10.1. The van der Waals surface area contributed by atoms with Crippen molar-refractivity contribution < 1.29 is 17.9 Å². The summed E-state index contributed by atoms with van der Waals surface area (Å²) >= 11 is 3.38. The average Bonchev–Trinajstić information content (AvgIpc) is 2.74. The first-order chi connectivity index (χ1) is 14.7. The molecule has 0 unspecified atom stereocenters. The van der Waals surface area contributed by atoms with E-state index < -0.39 is 10.0 Å². The van der Waals surface area contributed by atoms with Crippen molar-refractivity contribution in [1.29, 1.82) is 0 Å². The number of benzene rings is 3. The quantitative estimate of drug-likeness (QED) is 0.462. The summed E-state index contributed by atoms with van der Waals surface area (Å²) in [5, 5.41) is 2.87. The Morgan fingerprint density at radius 2 is 1.65 bits per heavy atom. The van der Waals surface area contributed by atoms with E-state index in [1.165, 1.54) is 24.3 Å². The highest BCUT2D eigenvalue weighted by Gasteiger charge is 2.15. The van der Waals surface area contributed by atoms with Crippen LogP contribution in [0.5, 0.6) is 5.75 Å². The van der Waals surface area contributed by atoms with E-state index in [0.717, 1.165) is 15.6 Å². The standard InChI is InChI=1S/C23H23BrN2O4S/c1-16-5-3-4-6-22(16)26-31(28,29)21-13-11-20(12-14-21)30-15-23(27)25-17(2)18-7-9-19(24)10-8-18/h3-14,17,26H,15H2,1-2H3,(H,25,27)/t17-/m0/s1. The third kappa shape index (κ3) is 6.32. The Kier molecular flexibility index (Phi) is 7.35. The van der Waals surface area contributed by atoms with Gasteiger partial charge < -0.3 is 10.1 Å². The lowest BCUT2D eigenvalue weighted by molar-refractivity contribution is -0.123. The average molecular weight is 503 g/mol. The number of sulfonamides is 1. The van der Waals surface area contributed by atoms with Gasteiger partial charge in [0.05, 0.1) is 16.6 Å². The molecule has 3 aromatic carbocycles. The fraction of sp³-hybridized carbons (Fsp3) is 0.174. The number of aryl methyl sites for hydroxylation is 1. The molecule has 0 aromatic heterocycles. The molecular weight excluding hydrogens is 480 g/mol. The van der Waals surface area contributed by atoms with Crippen molar-refractivity contribution >= 4 is 37.5 Å². The van der Waals surface area contributed by atoms with Gasteiger partial charge in [-0.15, -0.1) is 0 Å². The molecule has 1 atom stereocenters. The molecule has 3 aromatic rings. The monoisotopic (exact) mass is 502 g/mol. The van der Waals surface area contributed by atoms with E-state index >= 15 is 0 Å². The van der Waals surface area contributed by atoms with E-state index in [2.05, 4.69) is 26.0 Å². The fourth-order valence-corrected chi connectivity index (χ4v) is 4.27. The fourth-order valence-electron chi connectivity index (χ4n) is 2.87. The predicted octanol–water partition coefficient (Wildman–Crippen LogP) is 4.81. The van der Waals surface area contributed by atoms with Gasteiger partial charge in [-0.25, -0.2) is 8.42 Å². The minimum Gasteiger partial charge on any atom is -0.484 e. The van der Waals surface area contributed by atoms with Gasteiger partial charge in [-0.3, -0.25) is 9.52 Å². The Morgan fingerprint density at radius 3 is 2.29 bits per heavy atom. The van der Waals surface area contributed by atoms with E-state index in [4.69, 9.17) is 4.74 Å². The Labute approximate surface area is 190 Å². The Balaban J connectivity index is 1.56. The second-order valence-corrected chi connectivity index (χ2v) is 9.62. The van der Waals surface area contributed by atoms with Gasteiger partial charge >= 0.3 is 0 Å². The second kappa shape index (κ2) is 9.98. The largest absolute Gasteiger partial charge is 0.484 e. The molecule has 0 radical (unpaired) electrons. The highest BCUT2D eigenvalue weighted by Crippen LogP contribution is 2.21. The van der Waals surface area contributed by atoms with Gasteiger partial charge in [0.2, 0.25) is 0 Å². The SMILES string of the molecule is Cc1ccccc1NS(=O)(=O)c1ccc(OCC(=O)N[C@@H](C)c2ccc(Br)cc2)cc1. The zero-order valence-corrected chi connectivity index (χ0v) is 19.5. The second-order valence-electron chi connectivity index (χ2n) is 7.02. The Hall–Kier alpha value is -2.84. The summed E-state index contributed by atoms with van der Waals surface area (Å²) < 4.78 is 34.2. The topological polar surface area (TPSA) is 84.5 Å². The van der Waals surface area contributed by atoms with E-state index in [-0.39, 0.29) is 23.5 Å². The molecule has 0 spiro atoms. The zero-order chi connectivity index (χ0) is 22.4. The molecule has 0 saturated heterocycles. The van der Waals surface area contributed by atoms with E-state index in [1.54, 1.807) is 12.1 Å². The van der Waals surface area contributed by atoms with Crippen LogP contribution < -0.4 is 14.8 Å². The smallest absolute Gasteiger partial charge is 0.261 e. The minimum absolute atomic E-state index is 0.108. The first-order valence-corrected chi connectivity index (χ1v) is 11.9. The van der Waals surface area contributed by atoms with Crippen LogP contribution in [-0.4, -0.2) is 20.9 Å². The number of para-hydroxylation sites is 1. The number of hydrogen-bond donors (Lipinski definition) is 2. The van der Waals surface area contributed by atoms with Crippen LogP contribution in [0.25, 0.3) is 0 Å². The molecule has 0 saturated carbocycles. The molecule has 31 heavy (non-hydrogen) atoms. The summed E-state index contributed by atoms with van der Waals surface area (Å²) in [5.74, 6) is 0.134. The molecule has 3 rings (SSSR count). The summed E-state index contributed by atoms with van der Waals surface area (Å²) in [5.41, 5.74) is 2.33. The number of ether oxygens (including phenoxy) is 1. The maximum atomic E-state index is 12.6. The van der Waals surface area contributed by atoms with Crippen molar-refractivity contribution in [2.75, 3.05) is 11.3 Å². The summed E-state index contributed by atoms with van der Waals surface area (Å²) in [6.07, 6.45) is 0. The van der Waals surface area contributed by atoms with Crippen LogP contribution in [0.2, 0.25) is 0 Å². The number of nitrogens with one attached hydrogen (secondary N) is 2. The highest BCUT2D eigenvalue weighted by atomic mass is 79.9. The van der Waals surface area contributed by atoms with Gasteiger partial charge in [-0.05, 0) is 67.4 Å². The number of hydrogen-bond acceptors (Lipinski definition) is 4. The molecule has 162 valence electrons. The van der Waals surface area contributed by atoms with Gasteiger partial charge in [0, 0.05) is 4.47 Å². The third-order valence-electron chi connectivity index (χ3n) is 4.64. The lowest BCUT2D eigenvalue weighted by Gasteiger charge is -2.15. The first kappa shape index (κ1) is 22.8. The van der Waals surface area contributed by atoms with Crippen LogP contribution in [0.1, 0.15) is 24.1 Å². The van der Waals surface area contributed by atoms with Crippen LogP contribution in [0.4, 0.5) is 5.69 Å². The van der Waals surface area contributed by atoms with Crippen molar-refractivity contribution in [3.63, 3.8) is 0 Å². The minimum atomic E-state index is -3.72. The van der Waals surface area contributed by atoms with Gasteiger partial charge in [0.25, 0.3) is 15.9 Å². The molecule has 2 N–H and O–H groups in total. The summed E-state index contributed by atoms with van der Waals surface area (Å²) in [6, 6.07) is 20.6. The van der Waals surface area contributed by atoms with Crippen LogP contribution in [0.3, 0.4) is 0 Å². The molecule has 0 aliphatic heterocycles. The van der Waals surface area contributed by atoms with Gasteiger partial charge in [-0.2, -0.15) is 0 Å². The van der Waals surface area contributed by atoms with Crippen molar-refractivity contribution in [2.24, 2.45) is 0 Å². The first-order valence-electron chi connectivity index (χ1n) is 9.61. The predicted molar refractivity (Wildman–Crippen MR) is 125 cm³/mol. The highest BCUT2D eigenvalue weighted by molar-refractivity contribution is 9.10. The molecule has 0 aliphatic rings. The lowest BCUT2D eigenvalue weighted by Crippen LogP contribution is -2.31. The number of rotatable bonds is 8. The van der Waals surface area contributed by atoms with Crippen molar-refractivity contribution in [2.45, 2.75) is 24.8 Å². The number of anilines is 1. The Morgan fingerprint density at radius 1 is 1.00 bits per heavy atom. The molecule has 8 heteroatoms. The van der Waals surface area contributed by atoms with Crippen molar-refractivity contribution in [3.8, 4) is 5.75 Å². The number of carbonyl (C=O) groups excluding carboxylic acids is 1. The molecule has 0 heterocycles. The molecule has 1 amide bonds. The van der Waals surface area contributed by atoms with E-state index in [9.17, 15) is 13.2 Å². The van der Waals surface area contributed by atoms with Gasteiger partial charge in [0.15, 0.2) is 6.61 Å². The zero-order valence-electron chi connectivity index (χ0n) is 17.1. The van der Waals surface area contributed by atoms with E-state index in [1.807, 2.05) is 50.2 Å². The maximum absolute atomic E-state index is 12.6. The Bertz CT molecular complexity index is 1150. The van der Waals surface area contributed by atoms with Gasteiger partial charge in [-0.1, -0.05) is 46.3 Å². The van der Waals surface area contributed by atoms with E-state index in [0.29, 0.717) is 11.4 Å². The molecule has 0 fully saturated rings. The molecule has 6 nitrogen and oxygen atoms in total. The maximum Gasteiger partial charge on any atom is 0.261 e. The summed E-state index contributed by atoms with van der Waals surface area (Å²) in [6.45, 7) is 3.55. The number of amides is 1.